The molecule has 2 aromatic carbocycles. The Morgan fingerprint density at radius 1 is 1.04 bits per heavy atom. The maximum absolute atomic E-state index is 13.7. The fraction of sp³-hybridized carbons (Fsp3) is 0.368. The lowest BCUT2D eigenvalue weighted by Gasteiger charge is -2.35. The van der Waals surface area contributed by atoms with E-state index in [9.17, 15) is 4.57 Å². The topological polar surface area (TPSA) is 32.8 Å². The molecule has 0 amide bonds. The van der Waals surface area contributed by atoms with E-state index in [1.165, 1.54) is 11.1 Å². The maximum atomic E-state index is 13.7. The molecule has 0 N–H and O–H groups in total. The van der Waals surface area contributed by atoms with Crippen LogP contribution < -0.4 is 0 Å². The molecule has 2 aliphatic heterocycles. The molecule has 4 rings (SSSR count). The van der Waals surface area contributed by atoms with E-state index in [1.54, 1.807) is 0 Å². The van der Waals surface area contributed by atoms with Crippen molar-refractivity contribution in [2.24, 2.45) is 0 Å². The van der Waals surface area contributed by atoms with Crippen molar-refractivity contribution >= 4 is 7.67 Å². The maximum Gasteiger partial charge on any atom is 0.347 e. The third kappa shape index (κ3) is 2.55. The molecule has 1 saturated heterocycles. The van der Waals surface area contributed by atoms with Crippen molar-refractivity contribution in [3.63, 3.8) is 0 Å². The highest BCUT2D eigenvalue weighted by atomic mass is 31.2. The van der Waals surface area contributed by atoms with Crippen LogP contribution in [0, 0.1) is 0 Å². The van der Waals surface area contributed by atoms with E-state index in [1.807, 2.05) is 40.7 Å². The standard InChI is InChI=1S/C19H23N2O2P/c1-15-19(17-9-4-3-5-10-17)23-24(22,20(15)2)21-13-12-16-8-6-7-11-18(16)14-21/h3-11,15,19H,12-14H2,1-2H3. The van der Waals surface area contributed by atoms with Gasteiger partial charge in [-0.05, 0) is 37.1 Å². The van der Waals surface area contributed by atoms with Gasteiger partial charge in [0.05, 0.1) is 0 Å². The van der Waals surface area contributed by atoms with Gasteiger partial charge < -0.3 is 0 Å². The van der Waals surface area contributed by atoms with Crippen LogP contribution in [-0.4, -0.2) is 29.0 Å². The lowest BCUT2D eigenvalue weighted by molar-refractivity contribution is 0.194. The van der Waals surface area contributed by atoms with Crippen LogP contribution in [0.3, 0.4) is 0 Å². The molecular formula is C19H23N2O2P. The molecule has 2 aromatic rings. The summed E-state index contributed by atoms with van der Waals surface area (Å²) in [4.78, 5) is 0. The highest BCUT2D eigenvalue weighted by Gasteiger charge is 2.50. The summed E-state index contributed by atoms with van der Waals surface area (Å²) in [6, 6.07) is 18.6. The minimum Gasteiger partial charge on any atom is -0.296 e. The third-order valence-electron chi connectivity index (χ3n) is 5.27. The second-order valence-electron chi connectivity index (χ2n) is 6.65. The lowest BCUT2D eigenvalue weighted by Crippen LogP contribution is -2.33. The van der Waals surface area contributed by atoms with Crippen molar-refractivity contribution in [1.82, 2.24) is 9.34 Å². The van der Waals surface area contributed by atoms with Crippen LogP contribution in [0.2, 0.25) is 0 Å². The molecule has 1 fully saturated rings. The average molecular weight is 342 g/mol. The smallest absolute Gasteiger partial charge is 0.296 e. The van der Waals surface area contributed by atoms with E-state index in [-0.39, 0.29) is 12.1 Å². The van der Waals surface area contributed by atoms with E-state index in [4.69, 9.17) is 4.52 Å². The van der Waals surface area contributed by atoms with E-state index < -0.39 is 7.67 Å². The molecule has 0 saturated carbocycles. The molecule has 0 aliphatic carbocycles. The predicted molar refractivity (Wildman–Crippen MR) is 95.7 cm³/mol. The summed E-state index contributed by atoms with van der Waals surface area (Å²) < 4.78 is 23.9. The largest absolute Gasteiger partial charge is 0.347 e. The van der Waals surface area contributed by atoms with Crippen LogP contribution >= 0.6 is 7.67 Å². The molecule has 3 unspecified atom stereocenters. The van der Waals surface area contributed by atoms with Crippen molar-refractivity contribution in [3.8, 4) is 0 Å². The minimum atomic E-state index is -3.00. The Labute approximate surface area is 143 Å². The highest BCUT2D eigenvalue weighted by molar-refractivity contribution is 7.54. The predicted octanol–water partition coefficient (Wildman–Crippen LogP) is 4.24. The van der Waals surface area contributed by atoms with E-state index in [0.29, 0.717) is 6.54 Å². The summed E-state index contributed by atoms with van der Waals surface area (Å²) in [5.74, 6) is 0. The van der Waals surface area contributed by atoms with Crippen LogP contribution in [0.1, 0.15) is 29.7 Å². The van der Waals surface area contributed by atoms with Crippen molar-refractivity contribution in [2.45, 2.75) is 32.0 Å². The molecule has 0 bridgehead atoms. The molecule has 0 radical (unpaired) electrons. The zero-order valence-electron chi connectivity index (χ0n) is 14.1. The number of hydrogen-bond acceptors (Lipinski definition) is 2. The Bertz CT molecular complexity index is 780. The summed E-state index contributed by atoms with van der Waals surface area (Å²) in [6.45, 7) is 3.55. The van der Waals surface area contributed by atoms with Gasteiger partial charge in [-0.2, -0.15) is 0 Å². The zero-order valence-corrected chi connectivity index (χ0v) is 15.0. The Kier molecular flexibility index (Phi) is 4.09. The molecule has 4 nitrogen and oxygen atoms in total. The van der Waals surface area contributed by atoms with Gasteiger partial charge in [-0.25, -0.2) is 9.34 Å². The van der Waals surface area contributed by atoms with Gasteiger partial charge in [0.2, 0.25) is 0 Å². The summed E-state index contributed by atoms with van der Waals surface area (Å²) in [5.41, 5.74) is 3.70. The lowest BCUT2D eigenvalue weighted by atomic mass is 10.0. The monoisotopic (exact) mass is 342 g/mol. The van der Waals surface area contributed by atoms with Gasteiger partial charge in [-0.1, -0.05) is 54.6 Å². The number of nitrogens with zero attached hydrogens (tertiary/aromatic N) is 2. The number of fused-ring (bicyclic) bond motifs is 1. The Morgan fingerprint density at radius 3 is 2.46 bits per heavy atom. The van der Waals surface area contributed by atoms with Crippen molar-refractivity contribution in [1.29, 1.82) is 0 Å². The first-order chi connectivity index (χ1) is 11.6. The zero-order chi connectivity index (χ0) is 16.7. The summed E-state index contributed by atoms with van der Waals surface area (Å²) in [7, 11) is -1.08. The van der Waals surface area contributed by atoms with Crippen LogP contribution in [0.4, 0.5) is 0 Å². The molecule has 3 atom stereocenters. The van der Waals surface area contributed by atoms with Gasteiger partial charge in [-0.15, -0.1) is 0 Å². The highest BCUT2D eigenvalue weighted by Crippen LogP contribution is 2.65. The Balaban J connectivity index is 1.62. The third-order valence-corrected chi connectivity index (χ3v) is 7.99. The van der Waals surface area contributed by atoms with Crippen LogP contribution in [0.25, 0.3) is 0 Å². The second kappa shape index (κ2) is 6.12. The quantitative estimate of drug-likeness (QED) is 0.764. The number of likely N-dealkylation sites (N-methyl/N-ethyl adjacent to an activating group) is 1. The van der Waals surface area contributed by atoms with Gasteiger partial charge in [0, 0.05) is 19.1 Å². The average Bonchev–Trinajstić information content (AvgIpc) is 2.87. The van der Waals surface area contributed by atoms with Crippen molar-refractivity contribution in [3.05, 3.63) is 71.3 Å². The second-order valence-corrected chi connectivity index (χ2v) is 9.04. The molecule has 126 valence electrons. The first kappa shape index (κ1) is 16.0. The molecule has 2 heterocycles. The number of rotatable bonds is 2. The van der Waals surface area contributed by atoms with Gasteiger partial charge in [0.15, 0.2) is 0 Å². The molecule has 24 heavy (non-hydrogen) atoms. The van der Waals surface area contributed by atoms with Crippen molar-refractivity contribution < 1.29 is 9.09 Å². The minimum absolute atomic E-state index is 0.0791. The van der Waals surface area contributed by atoms with E-state index in [2.05, 4.69) is 37.3 Å². The molecule has 5 heteroatoms. The van der Waals surface area contributed by atoms with E-state index >= 15 is 0 Å². The van der Waals surface area contributed by atoms with Crippen molar-refractivity contribution in [2.75, 3.05) is 13.6 Å². The number of hydrogen-bond donors (Lipinski definition) is 0. The normalized spacial score (nSPS) is 31.1. The summed E-state index contributed by atoms with van der Waals surface area (Å²) >= 11 is 0. The van der Waals surface area contributed by atoms with Crippen LogP contribution in [0.15, 0.2) is 54.6 Å². The number of benzene rings is 2. The molecular weight excluding hydrogens is 319 g/mol. The fourth-order valence-corrected chi connectivity index (χ4v) is 6.22. The fourth-order valence-electron chi connectivity index (χ4n) is 3.68. The van der Waals surface area contributed by atoms with Gasteiger partial charge in [0.1, 0.15) is 6.10 Å². The van der Waals surface area contributed by atoms with Gasteiger partial charge in [0.25, 0.3) is 0 Å². The first-order valence-electron chi connectivity index (χ1n) is 8.48. The van der Waals surface area contributed by atoms with Gasteiger partial charge >= 0.3 is 7.67 Å². The molecule has 2 aliphatic rings. The van der Waals surface area contributed by atoms with E-state index in [0.717, 1.165) is 18.5 Å². The Hall–Kier alpha value is -1.45. The molecule has 0 aromatic heterocycles. The Morgan fingerprint density at radius 2 is 1.71 bits per heavy atom. The molecule has 0 spiro atoms. The summed E-state index contributed by atoms with van der Waals surface area (Å²) in [6.07, 6.45) is 0.765. The first-order valence-corrected chi connectivity index (χ1v) is 10.0. The SMILES string of the molecule is CC1C(c2ccccc2)OP(=O)(N2CCc3ccccc3C2)N1C. The van der Waals surface area contributed by atoms with Gasteiger partial charge in [-0.3, -0.25) is 9.09 Å². The van der Waals surface area contributed by atoms with Crippen LogP contribution in [-0.2, 0) is 22.1 Å². The summed E-state index contributed by atoms with van der Waals surface area (Å²) in [5, 5.41) is 0. The van der Waals surface area contributed by atoms with Crippen LogP contribution in [0.5, 0.6) is 0 Å².